The summed E-state index contributed by atoms with van der Waals surface area (Å²) in [5.41, 5.74) is 1.83. The summed E-state index contributed by atoms with van der Waals surface area (Å²) in [6.07, 6.45) is 4.90. The molecule has 0 saturated heterocycles. The molecule has 1 aliphatic rings. The second-order valence-electron chi connectivity index (χ2n) is 6.65. The molecule has 0 spiro atoms. The molecule has 3 aromatic rings. The van der Waals surface area contributed by atoms with E-state index in [1.54, 1.807) is 11.3 Å². The number of nitrogens with one attached hydrogen (secondary N) is 1. The smallest absolute Gasteiger partial charge is 0.186 e. The van der Waals surface area contributed by atoms with Crippen molar-refractivity contribution in [3.63, 3.8) is 0 Å². The largest absolute Gasteiger partial charge is 0.366 e. The summed E-state index contributed by atoms with van der Waals surface area (Å²) in [6, 6.07) is 7.14. The number of hydrogen-bond donors (Lipinski definition) is 1. The Morgan fingerprint density at radius 1 is 1.21 bits per heavy atom. The number of nitrogens with zero attached hydrogens (tertiary/aromatic N) is 5. The van der Waals surface area contributed by atoms with Crippen molar-refractivity contribution < 1.29 is 0 Å². The van der Waals surface area contributed by atoms with E-state index in [1.165, 1.54) is 19.3 Å². The first-order valence-electron chi connectivity index (χ1n) is 8.39. The van der Waals surface area contributed by atoms with Gasteiger partial charge in [0.15, 0.2) is 11.5 Å². The Bertz CT molecular complexity index is 810. The summed E-state index contributed by atoms with van der Waals surface area (Å²) in [7, 11) is 4.34. The van der Waals surface area contributed by atoms with Gasteiger partial charge < -0.3 is 10.2 Å². The third-order valence-corrected chi connectivity index (χ3v) is 5.45. The van der Waals surface area contributed by atoms with Gasteiger partial charge in [0.2, 0.25) is 0 Å². The van der Waals surface area contributed by atoms with Crippen LogP contribution < -0.4 is 5.32 Å². The summed E-state index contributed by atoms with van der Waals surface area (Å²) in [5, 5.41) is 21.0. The third-order valence-electron chi connectivity index (χ3n) is 4.77. The highest BCUT2D eigenvalue weighted by atomic mass is 32.1. The van der Waals surface area contributed by atoms with Crippen LogP contribution in [0.5, 0.6) is 0 Å². The van der Waals surface area contributed by atoms with Crippen LogP contribution >= 0.6 is 11.3 Å². The number of fused-ring (bicyclic) bond motifs is 1. The van der Waals surface area contributed by atoms with Gasteiger partial charge in [0.1, 0.15) is 5.82 Å². The van der Waals surface area contributed by atoms with Crippen molar-refractivity contribution in [1.82, 2.24) is 24.7 Å². The normalized spacial score (nSPS) is 21.5. The van der Waals surface area contributed by atoms with E-state index in [4.69, 9.17) is 5.10 Å². The highest BCUT2D eigenvalue weighted by molar-refractivity contribution is 7.08. The molecule has 0 aliphatic heterocycles. The molecule has 3 heterocycles. The molecule has 3 aromatic heterocycles. The Labute approximate surface area is 145 Å². The molecule has 0 radical (unpaired) electrons. The molecule has 0 bridgehead atoms. The van der Waals surface area contributed by atoms with Crippen LogP contribution in [0.3, 0.4) is 0 Å². The molecule has 1 saturated carbocycles. The monoisotopic (exact) mass is 342 g/mol. The fourth-order valence-corrected chi connectivity index (χ4v) is 4.05. The minimum atomic E-state index is 0.470. The first-order chi connectivity index (χ1) is 11.7. The molecule has 1 N–H and O–H groups in total. The molecule has 0 amide bonds. The number of aromatic nitrogens is 4. The topological polar surface area (TPSA) is 58.3 Å². The SMILES string of the molecule is CN(C)C1CCCC(Nc2ccc3nnc(-c4ccsc4)n3n2)C1. The average Bonchev–Trinajstić information content (AvgIpc) is 3.23. The van der Waals surface area contributed by atoms with E-state index in [9.17, 15) is 0 Å². The van der Waals surface area contributed by atoms with Crippen molar-refractivity contribution in [1.29, 1.82) is 0 Å². The molecule has 126 valence electrons. The van der Waals surface area contributed by atoms with E-state index in [1.807, 2.05) is 28.1 Å². The van der Waals surface area contributed by atoms with Gasteiger partial charge in [0, 0.05) is 23.0 Å². The predicted molar refractivity (Wildman–Crippen MR) is 97.4 cm³/mol. The minimum absolute atomic E-state index is 0.470. The highest BCUT2D eigenvalue weighted by Gasteiger charge is 2.23. The zero-order valence-corrected chi connectivity index (χ0v) is 14.8. The molecule has 24 heavy (non-hydrogen) atoms. The van der Waals surface area contributed by atoms with E-state index in [-0.39, 0.29) is 0 Å². The van der Waals surface area contributed by atoms with Crippen LogP contribution in [-0.2, 0) is 0 Å². The van der Waals surface area contributed by atoms with Crippen molar-refractivity contribution in [2.75, 3.05) is 19.4 Å². The molecule has 2 atom stereocenters. The molecular weight excluding hydrogens is 320 g/mol. The third kappa shape index (κ3) is 3.01. The van der Waals surface area contributed by atoms with Gasteiger partial charge in [-0.15, -0.1) is 15.3 Å². The Kier molecular flexibility index (Phi) is 4.20. The Hall–Kier alpha value is -1.99. The molecule has 1 aliphatic carbocycles. The summed E-state index contributed by atoms with van der Waals surface area (Å²) in [5.74, 6) is 1.69. The fourth-order valence-electron chi connectivity index (χ4n) is 3.41. The second-order valence-corrected chi connectivity index (χ2v) is 7.43. The summed E-state index contributed by atoms with van der Waals surface area (Å²) >= 11 is 1.65. The highest BCUT2D eigenvalue weighted by Crippen LogP contribution is 2.25. The predicted octanol–water partition coefficient (Wildman–Crippen LogP) is 3.14. The van der Waals surface area contributed by atoms with Gasteiger partial charge in [0.05, 0.1) is 0 Å². The number of thiophene rings is 1. The standard InChI is InChI=1S/C17H22N6S/c1-22(2)14-5-3-4-13(10-14)18-15-6-7-16-19-20-17(23(16)21-15)12-8-9-24-11-12/h6-9,11,13-14H,3-5,10H2,1-2H3,(H,18,21). The van der Waals surface area contributed by atoms with Crippen LogP contribution in [-0.4, -0.2) is 50.9 Å². The van der Waals surface area contributed by atoms with Crippen LogP contribution in [0.15, 0.2) is 29.0 Å². The van der Waals surface area contributed by atoms with Crippen molar-refractivity contribution in [3.8, 4) is 11.4 Å². The van der Waals surface area contributed by atoms with Crippen molar-refractivity contribution in [2.24, 2.45) is 0 Å². The summed E-state index contributed by atoms with van der Waals surface area (Å²) in [4.78, 5) is 2.33. The molecule has 2 unspecified atom stereocenters. The lowest BCUT2D eigenvalue weighted by Crippen LogP contribution is -2.38. The zero-order chi connectivity index (χ0) is 16.5. The molecule has 6 nitrogen and oxygen atoms in total. The first kappa shape index (κ1) is 15.5. The van der Waals surface area contributed by atoms with Crippen LogP contribution in [0, 0.1) is 0 Å². The Balaban J connectivity index is 1.57. The minimum Gasteiger partial charge on any atom is -0.366 e. The fraction of sp³-hybridized carbons (Fsp3) is 0.471. The quantitative estimate of drug-likeness (QED) is 0.789. The van der Waals surface area contributed by atoms with E-state index < -0.39 is 0 Å². The van der Waals surface area contributed by atoms with Crippen LogP contribution in [0.25, 0.3) is 17.0 Å². The summed E-state index contributed by atoms with van der Waals surface area (Å²) in [6.45, 7) is 0. The molecule has 7 heteroatoms. The maximum absolute atomic E-state index is 4.73. The Morgan fingerprint density at radius 2 is 2.12 bits per heavy atom. The maximum Gasteiger partial charge on any atom is 0.186 e. The van der Waals surface area contributed by atoms with Gasteiger partial charge in [-0.25, -0.2) is 0 Å². The van der Waals surface area contributed by atoms with Gasteiger partial charge in [0.25, 0.3) is 0 Å². The lowest BCUT2D eigenvalue weighted by atomic mass is 9.90. The maximum atomic E-state index is 4.73. The van der Waals surface area contributed by atoms with Crippen LogP contribution in [0.2, 0.25) is 0 Å². The average molecular weight is 342 g/mol. The van der Waals surface area contributed by atoms with Gasteiger partial charge >= 0.3 is 0 Å². The number of anilines is 1. The van der Waals surface area contributed by atoms with Gasteiger partial charge in [-0.3, -0.25) is 0 Å². The van der Waals surface area contributed by atoms with E-state index in [0.29, 0.717) is 12.1 Å². The van der Waals surface area contributed by atoms with E-state index in [0.717, 1.165) is 29.3 Å². The van der Waals surface area contributed by atoms with Crippen LogP contribution in [0.1, 0.15) is 25.7 Å². The van der Waals surface area contributed by atoms with Crippen LogP contribution in [0.4, 0.5) is 5.82 Å². The zero-order valence-electron chi connectivity index (χ0n) is 14.0. The molecule has 4 rings (SSSR count). The first-order valence-corrected chi connectivity index (χ1v) is 9.33. The van der Waals surface area contributed by atoms with E-state index >= 15 is 0 Å². The van der Waals surface area contributed by atoms with Crippen molar-refractivity contribution in [3.05, 3.63) is 29.0 Å². The van der Waals surface area contributed by atoms with Gasteiger partial charge in [-0.05, 0) is 63.4 Å². The van der Waals surface area contributed by atoms with E-state index in [2.05, 4.69) is 39.9 Å². The number of hydrogen-bond acceptors (Lipinski definition) is 6. The van der Waals surface area contributed by atoms with Gasteiger partial charge in [-0.2, -0.15) is 15.9 Å². The van der Waals surface area contributed by atoms with Gasteiger partial charge in [-0.1, -0.05) is 0 Å². The summed E-state index contributed by atoms with van der Waals surface area (Å²) < 4.78 is 1.83. The molecule has 0 aromatic carbocycles. The second kappa shape index (κ2) is 6.49. The molecule has 1 fully saturated rings. The lowest BCUT2D eigenvalue weighted by molar-refractivity contribution is 0.219. The molecular formula is C17H22N6S. The lowest BCUT2D eigenvalue weighted by Gasteiger charge is -2.33. The van der Waals surface area contributed by atoms with Crippen molar-refractivity contribution >= 4 is 22.8 Å². The number of rotatable bonds is 4. The van der Waals surface area contributed by atoms with Crippen molar-refractivity contribution in [2.45, 2.75) is 37.8 Å². The Morgan fingerprint density at radius 3 is 2.92 bits per heavy atom.